The van der Waals surface area contributed by atoms with Gasteiger partial charge in [0.15, 0.2) is 0 Å². The zero-order valence-electron chi connectivity index (χ0n) is 12.7. The molecule has 0 spiro atoms. The maximum absolute atomic E-state index is 12.2. The van der Waals surface area contributed by atoms with Crippen LogP contribution in [0.1, 0.15) is 26.9 Å². The molecule has 6 nitrogen and oxygen atoms in total. The zero-order valence-corrected chi connectivity index (χ0v) is 13.5. The summed E-state index contributed by atoms with van der Waals surface area (Å²) in [5, 5.41) is 10.1. The maximum Gasteiger partial charge on any atom is 0.268 e. The highest BCUT2D eigenvalue weighted by Gasteiger charge is 2.12. The first-order valence-electron chi connectivity index (χ1n) is 6.91. The molecule has 0 aliphatic heterocycles. The first-order chi connectivity index (χ1) is 10.5. The van der Waals surface area contributed by atoms with Crippen LogP contribution in [-0.4, -0.2) is 25.7 Å². The van der Waals surface area contributed by atoms with Gasteiger partial charge in [-0.1, -0.05) is 0 Å². The standard InChI is InChI=1S/C15H17N5OS/c1-9-4-12(20(3)19-9)7-17-15(21)13-5-11(6-16-13)14-8-22-10(2)18-14/h4-6,8,16H,7H2,1-3H3,(H,17,21). The summed E-state index contributed by atoms with van der Waals surface area (Å²) in [6.45, 7) is 4.34. The van der Waals surface area contributed by atoms with Gasteiger partial charge in [-0.05, 0) is 26.0 Å². The average Bonchev–Trinajstić information content (AvgIpc) is 3.16. The Kier molecular flexibility index (Phi) is 3.81. The normalized spacial score (nSPS) is 10.9. The van der Waals surface area contributed by atoms with E-state index in [1.54, 1.807) is 22.2 Å². The van der Waals surface area contributed by atoms with Gasteiger partial charge in [0.1, 0.15) is 5.69 Å². The number of amides is 1. The molecule has 0 saturated carbocycles. The minimum Gasteiger partial charge on any atom is -0.357 e. The van der Waals surface area contributed by atoms with Gasteiger partial charge in [-0.3, -0.25) is 9.48 Å². The van der Waals surface area contributed by atoms with E-state index < -0.39 is 0 Å². The molecule has 0 unspecified atom stereocenters. The minimum atomic E-state index is -0.142. The number of nitrogens with one attached hydrogen (secondary N) is 2. The highest BCUT2D eigenvalue weighted by atomic mass is 32.1. The average molecular weight is 315 g/mol. The predicted molar refractivity (Wildman–Crippen MR) is 85.8 cm³/mol. The number of thiazole rings is 1. The van der Waals surface area contributed by atoms with Crippen molar-refractivity contribution in [3.8, 4) is 11.3 Å². The molecule has 3 rings (SSSR count). The van der Waals surface area contributed by atoms with Gasteiger partial charge in [0.2, 0.25) is 0 Å². The Labute approximate surface area is 132 Å². The summed E-state index contributed by atoms with van der Waals surface area (Å²) in [6, 6.07) is 3.77. The Morgan fingerprint density at radius 1 is 1.41 bits per heavy atom. The molecule has 3 aromatic heterocycles. The Morgan fingerprint density at radius 3 is 2.86 bits per heavy atom. The van der Waals surface area contributed by atoms with Crippen molar-refractivity contribution in [1.29, 1.82) is 0 Å². The van der Waals surface area contributed by atoms with E-state index in [1.807, 2.05) is 38.4 Å². The number of aryl methyl sites for hydroxylation is 3. The lowest BCUT2D eigenvalue weighted by Crippen LogP contribution is -2.24. The monoisotopic (exact) mass is 315 g/mol. The van der Waals surface area contributed by atoms with Crippen molar-refractivity contribution in [2.75, 3.05) is 0 Å². The number of carbonyl (C=O) groups is 1. The van der Waals surface area contributed by atoms with Crippen molar-refractivity contribution in [2.24, 2.45) is 7.05 Å². The van der Waals surface area contributed by atoms with E-state index in [2.05, 4.69) is 20.4 Å². The van der Waals surface area contributed by atoms with Crippen LogP contribution in [0, 0.1) is 13.8 Å². The van der Waals surface area contributed by atoms with Crippen LogP contribution in [0.2, 0.25) is 0 Å². The van der Waals surface area contributed by atoms with E-state index in [9.17, 15) is 4.79 Å². The molecule has 1 amide bonds. The molecule has 0 aromatic carbocycles. The number of H-pyrrole nitrogens is 1. The molecule has 22 heavy (non-hydrogen) atoms. The van der Waals surface area contributed by atoms with Gasteiger partial charge in [0.05, 0.1) is 28.6 Å². The topological polar surface area (TPSA) is 75.6 Å². The van der Waals surface area contributed by atoms with Crippen LogP contribution in [0.15, 0.2) is 23.7 Å². The highest BCUT2D eigenvalue weighted by molar-refractivity contribution is 7.09. The number of carbonyl (C=O) groups excluding carboxylic acids is 1. The fourth-order valence-electron chi connectivity index (χ4n) is 2.27. The lowest BCUT2D eigenvalue weighted by Gasteiger charge is -2.03. The Morgan fingerprint density at radius 2 is 2.23 bits per heavy atom. The molecule has 0 atom stereocenters. The smallest absolute Gasteiger partial charge is 0.268 e. The van der Waals surface area contributed by atoms with Gasteiger partial charge in [0.25, 0.3) is 5.91 Å². The number of hydrogen-bond acceptors (Lipinski definition) is 4. The Hall–Kier alpha value is -2.41. The van der Waals surface area contributed by atoms with Gasteiger partial charge in [-0.15, -0.1) is 11.3 Å². The number of aromatic amines is 1. The number of rotatable bonds is 4. The van der Waals surface area contributed by atoms with Crippen LogP contribution in [0.4, 0.5) is 0 Å². The molecular formula is C15H17N5OS. The van der Waals surface area contributed by atoms with Crippen molar-refractivity contribution in [3.05, 3.63) is 45.8 Å². The third-order valence-electron chi connectivity index (χ3n) is 3.37. The first-order valence-corrected chi connectivity index (χ1v) is 7.79. The third-order valence-corrected chi connectivity index (χ3v) is 4.14. The summed E-state index contributed by atoms with van der Waals surface area (Å²) in [7, 11) is 1.87. The van der Waals surface area contributed by atoms with Crippen molar-refractivity contribution < 1.29 is 4.79 Å². The second kappa shape index (κ2) is 5.76. The summed E-state index contributed by atoms with van der Waals surface area (Å²) < 4.78 is 1.77. The van der Waals surface area contributed by atoms with Crippen molar-refractivity contribution in [2.45, 2.75) is 20.4 Å². The SMILES string of the molecule is Cc1cc(CNC(=O)c2cc(-c3csc(C)n3)c[nH]2)n(C)n1. The molecule has 114 valence electrons. The molecule has 0 saturated heterocycles. The third kappa shape index (κ3) is 2.94. The summed E-state index contributed by atoms with van der Waals surface area (Å²) in [6.07, 6.45) is 1.80. The van der Waals surface area contributed by atoms with E-state index in [-0.39, 0.29) is 5.91 Å². The Bertz CT molecular complexity index is 814. The lowest BCUT2D eigenvalue weighted by molar-refractivity contribution is 0.0945. The second-order valence-electron chi connectivity index (χ2n) is 5.14. The van der Waals surface area contributed by atoms with Crippen molar-refractivity contribution in [1.82, 2.24) is 25.1 Å². The lowest BCUT2D eigenvalue weighted by atomic mass is 10.2. The molecule has 7 heteroatoms. The molecule has 0 bridgehead atoms. The summed E-state index contributed by atoms with van der Waals surface area (Å²) >= 11 is 1.59. The van der Waals surface area contributed by atoms with Crippen LogP contribution < -0.4 is 5.32 Å². The molecule has 3 aromatic rings. The summed E-state index contributed by atoms with van der Waals surface area (Å²) in [5.41, 5.74) is 4.24. The molecule has 0 radical (unpaired) electrons. The highest BCUT2D eigenvalue weighted by Crippen LogP contribution is 2.22. The van der Waals surface area contributed by atoms with Gasteiger partial charge < -0.3 is 10.3 Å². The zero-order chi connectivity index (χ0) is 15.7. The van der Waals surface area contributed by atoms with E-state index in [4.69, 9.17) is 0 Å². The number of hydrogen-bond donors (Lipinski definition) is 2. The fraction of sp³-hybridized carbons (Fsp3) is 0.267. The van der Waals surface area contributed by atoms with Crippen molar-refractivity contribution >= 4 is 17.2 Å². The van der Waals surface area contributed by atoms with Crippen molar-refractivity contribution in [3.63, 3.8) is 0 Å². The van der Waals surface area contributed by atoms with E-state index in [0.29, 0.717) is 12.2 Å². The predicted octanol–water partition coefficient (Wildman–Crippen LogP) is 2.42. The van der Waals surface area contributed by atoms with Gasteiger partial charge in [-0.25, -0.2) is 4.98 Å². The molecule has 0 aliphatic carbocycles. The molecular weight excluding hydrogens is 298 g/mol. The molecule has 0 aliphatic rings. The Balaban J connectivity index is 1.68. The first kappa shape index (κ1) is 14.5. The molecule has 2 N–H and O–H groups in total. The number of aromatic nitrogens is 4. The van der Waals surface area contributed by atoms with Crippen LogP contribution in [0.3, 0.4) is 0 Å². The minimum absolute atomic E-state index is 0.142. The fourth-order valence-corrected chi connectivity index (χ4v) is 2.89. The van der Waals surface area contributed by atoms with Gasteiger partial charge >= 0.3 is 0 Å². The van der Waals surface area contributed by atoms with Gasteiger partial charge in [-0.2, -0.15) is 5.10 Å². The number of nitrogens with zero attached hydrogens (tertiary/aromatic N) is 3. The largest absolute Gasteiger partial charge is 0.357 e. The summed E-state index contributed by atoms with van der Waals surface area (Å²) in [5.74, 6) is -0.142. The van der Waals surface area contributed by atoms with Crippen LogP contribution in [0.5, 0.6) is 0 Å². The maximum atomic E-state index is 12.2. The van der Waals surface area contributed by atoms with Gasteiger partial charge in [0, 0.05) is 24.2 Å². The van der Waals surface area contributed by atoms with E-state index >= 15 is 0 Å². The van der Waals surface area contributed by atoms with E-state index in [0.717, 1.165) is 27.7 Å². The second-order valence-corrected chi connectivity index (χ2v) is 6.20. The van der Waals surface area contributed by atoms with Crippen LogP contribution >= 0.6 is 11.3 Å². The molecule has 3 heterocycles. The van der Waals surface area contributed by atoms with Crippen LogP contribution in [-0.2, 0) is 13.6 Å². The summed E-state index contributed by atoms with van der Waals surface area (Å²) in [4.78, 5) is 19.6. The quantitative estimate of drug-likeness (QED) is 0.776. The van der Waals surface area contributed by atoms with E-state index in [1.165, 1.54) is 0 Å². The molecule has 0 fully saturated rings. The van der Waals surface area contributed by atoms with Crippen LogP contribution in [0.25, 0.3) is 11.3 Å².